The minimum Gasteiger partial charge on any atom is -0.458 e. The Kier molecular flexibility index (Phi) is 3.21. The highest BCUT2D eigenvalue weighted by molar-refractivity contribution is 5.92. The van der Waals surface area contributed by atoms with E-state index in [1.165, 1.54) is 11.1 Å². The monoisotopic (exact) mass is 312 g/mol. The first-order valence-corrected chi connectivity index (χ1v) is 8.63. The molecule has 122 valence electrons. The molecule has 1 heterocycles. The zero-order valence-electron chi connectivity index (χ0n) is 14.1. The predicted molar refractivity (Wildman–Crippen MR) is 88.2 cm³/mol. The molecule has 1 aliphatic heterocycles. The van der Waals surface area contributed by atoms with Crippen LogP contribution in [0, 0.1) is 5.92 Å². The van der Waals surface area contributed by atoms with Crippen molar-refractivity contribution in [3.8, 4) is 0 Å². The third-order valence-corrected chi connectivity index (χ3v) is 6.25. The van der Waals surface area contributed by atoms with Crippen molar-refractivity contribution in [1.82, 2.24) is 0 Å². The zero-order valence-corrected chi connectivity index (χ0v) is 14.1. The van der Waals surface area contributed by atoms with Crippen LogP contribution >= 0.6 is 0 Å². The summed E-state index contributed by atoms with van der Waals surface area (Å²) in [6.07, 6.45) is 1.99. The topological polar surface area (TPSA) is 46.5 Å². The maximum absolute atomic E-state index is 11.9. The number of benzene rings is 1. The standard InChI is InChI=1S/C20H24O3/c1-11(2)12-4-5-16-14(8-12)18(21)9-17-15-10-23-19(22)13(15)6-7-20(16,17)3/h4-5,8,11,17-18,21H,6-7,9-10H2,1-3H3/t17-,18-,20+/m0/s1. The molecule has 0 bridgehead atoms. The van der Waals surface area contributed by atoms with Gasteiger partial charge in [0.2, 0.25) is 0 Å². The summed E-state index contributed by atoms with van der Waals surface area (Å²) in [4.78, 5) is 11.9. The molecule has 0 saturated carbocycles. The lowest BCUT2D eigenvalue weighted by atomic mass is 9.56. The van der Waals surface area contributed by atoms with Crippen LogP contribution in [0.2, 0.25) is 0 Å². The second-order valence-electron chi connectivity index (χ2n) is 7.80. The number of ether oxygens (including phenoxy) is 1. The molecule has 3 atom stereocenters. The molecule has 0 radical (unpaired) electrons. The van der Waals surface area contributed by atoms with E-state index in [9.17, 15) is 9.90 Å². The molecule has 0 aromatic heterocycles. The molecule has 1 aromatic rings. The fourth-order valence-corrected chi connectivity index (χ4v) is 4.78. The van der Waals surface area contributed by atoms with Crippen molar-refractivity contribution in [2.24, 2.45) is 5.92 Å². The highest BCUT2D eigenvalue weighted by Gasteiger charge is 2.50. The third kappa shape index (κ3) is 2.02. The van der Waals surface area contributed by atoms with Crippen LogP contribution in [0.15, 0.2) is 29.3 Å². The normalized spacial score (nSPS) is 32.5. The van der Waals surface area contributed by atoms with Gasteiger partial charge in [-0.2, -0.15) is 0 Å². The van der Waals surface area contributed by atoms with E-state index in [4.69, 9.17) is 4.74 Å². The lowest BCUT2D eigenvalue weighted by molar-refractivity contribution is -0.136. The van der Waals surface area contributed by atoms with E-state index < -0.39 is 6.10 Å². The van der Waals surface area contributed by atoms with Crippen LogP contribution in [0.5, 0.6) is 0 Å². The molecule has 4 rings (SSSR count). The summed E-state index contributed by atoms with van der Waals surface area (Å²) in [5, 5.41) is 10.8. The summed E-state index contributed by atoms with van der Waals surface area (Å²) >= 11 is 0. The Hall–Kier alpha value is -1.61. The summed E-state index contributed by atoms with van der Waals surface area (Å²) in [7, 11) is 0. The Labute approximate surface area is 137 Å². The van der Waals surface area contributed by atoms with Crippen LogP contribution in [0.1, 0.15) is 68.7 Å². The molecule has 0 unspecified atom stereocenters. The number of hydrogen-bond donors (Lipinski definition) is 1. The van der Waals surface area contributed by atoms with Crippen molar-refractivity contribution in [1.29, 1.82) is 0 Å². The Morgan fingerprint density at radius 2 is 2.13 bits per heavy atom. The zero-order chi connectivity index (χ0) is 16.4. The maximum Gasteiger partial charge on any atom is 0.334 e. The van der Waals surface area contributed by atoms with E-state index in [-0.39, 0.29) is 17.3 Å². The molecular formula is C20H24O3. The van der Waals surface area contributed by atoms with Crippen molar-refractivity contribution in [3.05, 3.63) is 46.0 Å². The van der Waals surface area contributed by atoms with Gasteiger partial charge in [0.25, 0.3) is 0 Å². The molecule has 1 aromatic carbocycles. The predicted octanol–water partition coefficient (Wildman–Crippen LogP) is 3.77. The van der Waals surface area contributed by atoms with E-state index in [2.05, 4.69) is 39.0 Å². The Morgan fingerprint density at radius 3 is 2.87 bits per heavy atom. The van der Waals surface area contributed by atoms with E-state index in [0.29, 0.717) is 18.9 Å². The smallest absolute Gasteiger partial charge is 0.334 e. The number of carbonyl (C=O) groups excluding carboxylic acids is 1. The van der Waals surface area contributed by atoms with Gasteiger partial charge >= 0.3 is 5.97 Å². The second-order valence-corrected chi connectivity index (χ2v) is 7.80. The van der Waals surface area contributed by atoms with Crippen molar-refractivity contribution < 1.29 is 14.6 Å². The first-order chi connectivity index (χ1) is 10.9. The van der Waals surface area contributed by atoms with Crippen LogP contribution in [-0.2, 0) is 14.9 Å². The lowest BCUT2D eigenvalue weighted by Gasteiger charge is -2.48. The number of carbonyl (C=O) groups is 1. The van der Waals surface area contributed by atoms with Crippen LogP contribution in [0.3, 0.4) is 0 Å². The molecule has 2 aliphatic carbocycles. The molecular weight excluding hydrogens is 288 g/mol. The largest absolute Gasteiger partial charge is 0.458 e. The van der Waals surface area contributed by atoms with Gasteiger partial charge in [0.05, 0.1) is 6.10 Å². The molecule has 0 saturated heterocycles. The third-order valence-electron chi connectivity index (χ3n) is 6.25. The van der Waals surface area contributed by atoms with E-state index >= 15 is 0 Å². The molecule has 0 fully saturated rings. The van der Waals surface area contributed by atoms with Gasteiger partial charge in [0, 0.05) is 5.57 Å². The minimum absolute atomic E-state index is 0.00309. The van der Waals surface area contributed by atoms with Crippen molar-refractivity contribution in [2.45, 2.75) is 57.5 Å². The number of aliphatic hydroxyl groups is 1. The number of cyclic esters (lactones) is 1. The number of hydrogen-bond acceptors (Lipinski definition) is 3. The van der Waals surface area contributed by atoms with Crippen molar-refractivity contribution in [2.75, 3.05) is 6.61 Å². The van der Waals surface area contributed by atoms with Crippen molar-refractivity contribution >= 4 is 5.97 Å². The molecule has 3 nitrogen and oxygen atoms in total. The highest BCUT2D eigenvalue weighted by atomic mass is 16.5. The Bertz CT molecular complexity index is 716. The molecule has 23 heavy (non-hydrogen) atoms. The van der Waals surface area contributed by atoms with Crippen LogP contribution in [0.4, 0.5) is 0 Å². The Morgan fingerprint density at radius 1 is 1.35 bits per heavy atom. The van der Waals surface area contributed by atoms with Gasteiger partial charge in [-0.1, -0.05) is 39.0 Å². The van der Waals surface area contributed by atoms with E-state index in [1.54, 1.807) is 0 Å². The lowest BCUT2D eigenvalue weighted by Crippen LogP contribution is -2.42. The molecule has 1 N–H and O–H groups in total. The fraction of sp³-hybridized carbons (Fsp3) is 0.550. The summed E-state index contributed by atoms with van der Waals surface area (Å²) in [6, 6.07) is 6.60. The summed E-state index contributed by atoms with van der Waals surface area (Å²) in [5.74, 6) is 0.530. The average molecular weight is 312 g/mol. The van der Waals surface area contributed by atoms with Gasteiger partial charge in [-0.3, -0.25) is 0 Å². The van der Waals surface area contributed by atoms with Crippen LogP contribution in [0.25, 0.3) is 0 Å². The first-order valence-electron chi connectivity index (χ1n) is 8.63. The Balaban J connectivity index is 1.84. The van der Waals surface area contributed by atoms with Crippen LogP contribution < -0.4 is 0 Å². The van der Waals surface area contributed by atoms with Gasteiger partial charge in [0.1, 0.15) is 6.61 Å². The number of esters is 1. The summed E-state index contributed by atoms with van der Waals surface area (Å²) < 4.78 is 5.27. The maximum atomic E-state index is 11.9. The molecule has 3 aliphatic rings. The van der Waals surface area contributed by atoms with Gasteiger partial charge in [0.15, 0.2) is 0 Å². The van der Waals surface area contributed by atoms with Gasteiger partial charge in [-0.25, -0.2) is 4.79 Å². The van der Waals surface area contributed by atoms with Gasteiger partial charge in [-0.15, -0.1) is 0 Å². The average Bonchev–Trinajstić information content (AvgIpc) is 2.90. The molecule has 3 heteroatoms. The van der Waals surface area contributed by atoms with Gasteiger partial charge in [-0.05, 0) is 58.8 Å². The highest BCUT2D eigenvalue weighted by Crippen LogP contribution is 2.55. The molecule has 0 spiro atoms. The number of fused-ring (bicyclic) bond motifs is 4. The van der Waals surface area contributed by atoms with Crippen molar-refractivity contribution in [3.63, 3.8) is 0 Å². The SMILES string of the molecule is CC(C)c1ccc2c(c1)[C@@H](O)C[C@H]1C3=C(CC[C@]21C)C(=O)OC3. The van der Waals surface area contributed by atoms with Crippen LogP contribution in [-0.4, -0.2) is 17.7 Å². The minimum atomic E-state index is -0.454. The summed E-state index contributed by atoms with van der Waals surface area (Å²) in [6.45, 7) is 7.08. The quantitative estimate of drug-likeness (QED) is 0.803. The summed E-state index contributed by atoms with van der Waals surface area (Å²) in [5.41, 5.74) is 5.64. The number of rotatable bonds is 1. The van der Waals surface area contributed by atoms with Gasteiger partial charge < -0.3 is 9.84 Å². The van der Waals surface area contributed by atoms with E-state index in [1.807, 2.05) is 0 Å². The number of aliphatic hydroxyl groups excluding tert-OH is 1. The first kappa shape index (κ1) is 14.9. The second kappa shape index (κ2) is 4.94. The fourth-order valence-electron chi connectivity index (χ4n) is 4.78. The molecule has 0 amide bonds. The van der Waals surface area contributed by atoms with E-state index in [0.717, 1.165) is 29.6 Å².